The summed E-state index contributed by atoms with van der Waals surface area (Å²) in [6, 6.07) is 13.7. The zero-order valence-electron chi connectivity index (χ0n) is 12.0. The Morgan fingerprint density at radius 1 is 1.10 bits per heavy atom. The van der Waals surface area contributed by atoms with E-state index in [1.807, 2.05) is 32.3 Å². The van der Waals surface area contributed by atoms with Gasteiger partial charge in [-0.1, -0.05) is 35.9 Å². The van der Waals surface area contributed by atoms with Gasteiger partial charge in [0.15, 0.2) is 5.78 Å². The van der Waals surface area contributed by atoms with Crippen LogP contribution in [0, 0.1) is 0 Å². The molecule has 0 unspecified atom stereocenters. The van der Waals surface area contributed by atoms with Gasteiger partial charge in [0.1, 0.15) is 0 Å². The molecular weight excluding hydrogens is 270 g/mol. The highest BCUT2D eigenvalue weighted by Gasteiger charge is 2.07. The molecule has 0 saturated carbocycles. The fourth-order valence-corrected chi connectivity index (χ4v) is 2.35. The van der Waals surface area contributed by atoms with Crippen LogP contribution in [0.15, 0.2) is 42.5 Å². The summed E-state index contributed by atoms with van der Waals surface area (Å²) in [4.78, 5) is 13.6. The highest BCUT2D eigenvalue weighted by molar-refractivity contribution is 6.33. The van der Waals surface area contributed by atoms with Crippen molar-refractivity contribution in [1.82, 2.24) is 4.90 Å². The van der Waals surface area contributed by atoms with Gasteiger partial charge >= 0.3 is 0 Å². The second kappa shape index (κ2) is 6.21. The number of ketones is 1. The van der Waals surface area contributed by atoms with Gasteiger partial charge in [-0.3, -0.25) is 4.79 Å². The Hall–Kier alpha value is -1.64. The lowest BCUT2D eigenvalue weighted by molar-refractivity contribution is 0.101. The molecule has 0 aliphatic rings. The number of carbonyl (C=O) groups is 1. The van der Waals surface area contributed by atoms with Gasteiger partial charge in [-0.15, -0.1) is 0 Å². The zero-order valence-corrected chi connectivity index (χ0v) is 12.7. The fourth-order valence-electron chi connectivity index (χ4n) is 2.12. The molecule has 0 spiro atoms. The van der Waals surface area contributed by atoms with E-state index in [2.05, 4.69) is 17.0 Å². The molecule has 0 atom stereocenters. The van der Waals surface area contributed by atoms with Crippen LogP contribution in [0.3, 0.4) is 0 Å². The van der Waals surface area contributed by atoms with Gasteiger partial charge in [0.25, 0.3) is 0 Å². The van der Waals surface area contributed by atoms with Crippen LogP contribution in [0.1, 0.15) is 22.8 Å². The van der Waals surface area contributed by atoms with Gasteiger partial charge < -0.3 is 4.90 Å². The monoisotopic (exact) mass is 287 g/mol. The summed E-state index contributed by atoms with van der Waals surface area (Å²) in [6.45, 7) is 2.47. The lowest BCUT2D eigenvalue weighted by Crippen LogP contribution is -2.10. The molecule has 0 bridgehead atoms. The molecule has 0 aliphatic carbocycles. The summed E-state index contributed by atoms with van der Waals surface area (Å²) in [5.41, 5.74) is 3.86. The Kier molecular flexibility index (Phi) is 4.58. The highest BCUT2D eigenvalue weighted by atomic mass is 35.5. The van der Waals surface area contributed by atoms with Crippen molar-refractivity contribution in [3.05, 3.63) is 58.6 Å². The van der Waals surface area contributed by atoms with Crippen molar-refractivity contribution < 1.29 is 4.79 Å². The summed E-state index contributed by atoms with van der Waals surface area (Å²) in [5, 5.41) is 0.662. The Morgan fingerprint density at radius 2 is 1.75 bits per heavy atom. The van der Waals surface area contributed by atoms with Crippen molar-refractivity contribution in [2.45, 2.75) is 13.5 Å². The minimum atomic E-state index is 0.0483. The largest absolute Gasteiger partial charge is 0.305 e. The maximum Gasteiger partial charge on any atom is 0.159 e. The SMILES string of the molecule is CC(=O)c1ccc(Cl)c(-c2ccc(CN(C)C)cc2)c1. The minimum absolute atomic E-state index is 0.0483. The van der Waals surface area contributed by atoms with Crippen LogP contribution in [0.2, 0.25) is 5.02 Å². The third kappa shape index (κ3) is 3.47. The van der Waals surface area contributed by atoms with Crippen LogP contribution in [0.4, 0.5) is 0 Å². The molecule has 2 rings (SSSR count). The molecule has 0 N–H and O–H groups in total. The van der Waals surface area contributed by atoms with E-state index in [1.54, 1.807) is 19.1 Å². The van der Waals surface area contributed by atoms with Crippen LogP contribution < -0.4 is 0 Å². The Bertz CT molecular complexity index is 617. The normalized spacial score (nSPS) is 10.8. The molecule has 0 saturated heterocycles. The van der Waals surface area contributed by atoms with Gasteiger partial charge in [-0.25, -0.2) is 0 Å². The van der Waals surface area contributed by atoms with Crippen molar-refractivity contribution >= 4 is 17.4 Å². The van der Waals surface area contributed by atoms with Gasteiger partial charge in [0.2, 0.25) is 0 Å². The van der Waals surface area contributed by atoms with E-state index in [4.69, 9.17) is 11.6 Å². The van der Waals surface area contributed by atoms with Crippen molar-refractivity contribution in [3.8, 4) is 11.1 Å². The van der Waals surface area contributed by atoms with Crippen molar-refractivity contribution in [2.75, 3.05) is 14.1 Å². The van der Waals surface area contributed by atoms with Gasteiger partial charge in [0, 0.05) is 22.7 Å². The highest BCUT2D eigenvalue weighted by Crippen LogP contribution is 2.29. The van der Waals surface area contributed by atoms with E-state index in [1.165, 1.54) is 5.56 Å². The van der Waals surface area contributed by atoms with Crippen molar-refractivity contribution in [2.24, 2.45) is 0 Å². The van der Waals surface area contributed by atoms with E-state index in [-0.39, 0.29) is 5.78 Å². The molecule has 0 aliphatic heterocycles. The van der Waals surface area contributed by atoms with Crippen LogP contribution in [-0.2, 0) is 6.54 Å². The predicted octanol–water partition coefficient (Wildman–Crippen LogP) is 4.27. The molecule has 0 heterocycles. The molecule has 2 aromatic rings. The average molecular weight is 288 g/mol. The maximum absolute atomic E-state index is 11.5. The number of halogens is 1. The number of nitrogens with zero attached hydrogens (tertiary/aromatic N) is 1. The molecular formula is C17H18ClNO. The van der Waals surface area contributed by atoms with E-state index in [0.29, 0.717) is 10.6 Å². The summed E-state index contributed by atoms with van der Waals surface area (Å²) >= 11 is 6.24. The first-order valence-corrected chi connectivity index (χ1v) is 6.89. The van der Waals surface area contributed by atoms with Crippen LogP contribution >= 0.6 is 11.6 Å². The lowest BCUT2D eigenvalue weighted by Gasteiger charge is -2.11. The molecule has 0 fully saturated rings. The number of benzene rings is 2. The van der Waals surface area contributed by atoms with Gasteiger partial charge in [0.05, 0.1) is 0 Å². The third-order valence-electron chi connectivity index (χ3n) is 3.14. The summed E-state index contributed by atoms with van der Waals surface area (Å²) in [7, 11) is 4.09. The minimum Gasteiger partial charge on any atom is -0.305 e. The molecule has 3 heteroatoms. The lowest BCUT2D eigenvalue weighted by atomic mass is 10.0. The van der Waals surface area contributed by atoms with E-state index in [0.717, 1.165) is 17.7 Å². The summed E-state index contributed by atoms with van der Waals surface area (Å²) in [6.07, 6.45) is 0. The fraction of sp³-hybridized carbons (Fsp3) is 0.235. The van der Waals surface area contributed by atoms with E-state index >= 15 is 0 Å². The summed E-state index contributed by atoms with van der Waals surface area (Å²) < 4.78 is 0. The van der Waals surface area contributed by atoms with Crippen LogP contribution in [0.5, 0.6) is 0 Å². The smallest absolute Gasteiger partial charge is 0.159 e. The first-order valence-electron chi connectivity index (χ1n) is 6.52. The number of carbonyl (C=O) groups excluding carboxylic acids is 1. The summed E-state index contributed by atoms with van der Waals surface area (Å²) in [5.74, 6) is 0.0483. The zero-order chi connectivity index (χ0) is 14.7. The van der Waals surface area contributed by atoms with E-state index < -0.39 is 0 Å². The quantitative estimate of drug-likeness (QED) is 0.783. The second-order valence-corrected chi connectivity index (χ2v) is 5.59. The van der Waals surface area contributed by atoms with Crippen molar-refractivity contribution in [3.63, 3.8) is 0 Å². The van der Waals surface area contributed by atoms with Crippen LogP contribution in [0.25, 0.3) is 11.1 Å². The standard InChI is InChI=1S/C17H18ClNO/c1-12(20)15-8-9-17(18)16(10-15)14-6-4-13(5-7-14)11-19(2)3/h4-10H,11H2,1-3H3. The average Bonchev–Trinajstić information content (AvgIpc) is 2.39. The number of Topliss-reactive ketones (excluding diaryl/α,β-unsaturated/α-hetero) is 1. The number of rotatable bonds is 4. The third-order valence-corrected chi connectivity index (χ3v) is 3.47. The molecule has 2 aromatic carbocycles. The molecule has 2 nitrogen and oxygen atoms in total. The topological polar surface area (TPSA) is 20.3 Å². The van der Waals surface area contributed by atoms with Gasteiger partial charge in [-0.05, 0) is 50.3 Å². The predicted molar refractivity (Wildman–Crippen MR) is 84.3 cm³/mol. The Labute approximate surface area is 125 Å². The van der Waals surface area contributed by atoms with Gasteiger partial charge in [-0.2, -0.15) is 0 Å². The molecule has 20 heavy (non-hydrogen) atoms. The Morgan fingerprint density at radius 3 is 2.30 bits per heavy atom. The van der Waals surface area contributed by atoms with Crippen LogP contribution in [-0.4, -0.2) is 24.8 Å². The molecule has 104 valence electrons. The molecule has 0 amide bonds. The van der Waals surface area contributed by atoms with E-state index in [9.17, 15) is 4.79 Å². The Balaban J connectivity index is 2.36. The second-order valence-electron chi connectivity index (χ2n) is 5.19. The molecule has 0 radical (unpaired) electrons. The molecule has 0 aromatic heterocycles. The van der Waals surface area contributed by atoms with Crippen molar-refractivity contribution in [1.29, 1.82) is 0 Å². The first-order chi connectivity index (χ1) is 9.47. The number of hydrogen-bond acceptors (Lipinski definition) is 2. The maximum atomic E-state index is 11.5. The number of hydrogen-bond donors (Lipinski definition) is 0. The first kappa shape index (κ1) is 14.8.